The van der Waals surface area contributed by atoms with Crippen molar-refractivity contribution in [1.82, 2.24) is 10.2 Å². The summed E-state index contributed by atoms with van der Waals surface area (Å²) in [5.74, 6) is 1.97. The molecule has 104 valence electrons. The average molecular weight is 252 g/mol. The Balaban J connectivity index is 1.65. The summed E-state index contributed by atoms with van der Waals surface area (Å²) in [6, 6.07) is 0. The fraction of sp³-hybridized carbons (Fsp3) is 0.933. The second-order valence-electron chi connectivity index (χ2n) is 6.02. The fourth-order valence-corrected chi connectivity index (χ4v) is 3.36. The van der Waals surface area contributed by atoms with Gasteiger partial charge in [-0.05, 0) is 57.0 Å². The standard InChI is InChI=1S/C15H28N2O/c1-2-3-14-8-11-17(12-14)15(18)5-4-13-6-9-16-10-7-13/h13-14,16H,2-12H2,1H3. The van der Waals surface area contributed by atoms with Crippen LogP contribution in [0.1, 0.15) is 51.9 Å². The molecular formula is C15H28N2O. The highest BCUT2D eigenvalue weighted by molar-refractivity contribution is 5.76. The molecular weight excluding hydrogens is 224 g/mol. The Morgan fingerprint density at radius 2 is 1.94 bits per heavy atom. The molecule has 2 rings (SSSR count). The van der Waals surface area contributed by atoms with Crippen LogP contribution in [0.15, 0.2) is 0 Å². The Kier molecular flexibility index (Phi) is 5.48. The summed E-state index contributed by atoms with van der Waals surface area (Å²) in [4.78, 5) is 14.3. The number of likely N-dealkylation sites (tertiary alicyclic amines) is 1. The summed E-state index contributed by atoms with van der Waals surface area (Å²) in [7, 11) is 0. The zero-order valence-electron chi connectivity index (χ0n) is 11.8. The van der Waals surface area contributed by atoms with Gasteiger partial charge in [0.2, 0.25) is 5.91 Å². The lowest BCUT2D eigenvalue weighted by atomic mass is 9.93. The summed E-state index contributed by atoms with van der Waals surface area (Å²) in [5.41, 5.74) is 0. The molecule has 2 aliphatic rings. The number of nitrogens with zero attached hydrogens (tertiary/aromatic N) is 1. The number of carbonyl (C=O) groups excluding carboxylic acids is 1. The molecule has 0 bridgehead atoms. The second kappa shape index (κ2) is 7.13. The molecule has 2 heterocycles. The summed E-state index contributed by atoms with van der Waals surface area (Å²) in [6.07, 6.45) is 8.17. The molecule has 18 heavy (non-hydrogen) atoms. The maximum absolute atomic E-state index is 12.1. The predicted molar refractivity (Wildman–Crippen MR) is 74.4 cm³/mol. The molecule has 0 spiro atoms. The lowest BCUT2D eigenvalue weighted by molar-refractivity contribution is -0.130. The van der Waals surface area contributed by atoms with Gasteiger partial charge in [-0.2, -0.15) is 0 Å². The van der Waals surface area contributed by atoms with E-state index < -0.39 is 0 Å². The van der Waals surface area contributed by atoms with Gasteiger partial charge in [-0.25, -0.2) is 0 Å². The number of hydrogen-bond donors (Lipinski definition) is 1. The Labute approximate surface area is 111 Å². The van der Waals surface area contributed by atoms with Crippen molar-refractivity contribution in [1.29, 1.82) is 0 Å². The highest BCUT2D eigenvalue weighted by atomic mass is 16.2. The van der Waals surface area contributed by atoms with Crippen LogP contribution in [0.25, 0.3) is 0 Å². The van der Waals surface area contributed by atoms with Crippen molar-refractivity contribution in [2.75, 3.05) is 26.2 Å². The zero-order valence-corrected chi connectivity index (χ0v) is 11.8. The highest BCUT2D eigenvalue weighted by Crippen LogP contribution is 2.23. The van der Waals surface area contributed by atoms with Gasteiger partial charge in [-0.1, -0.05) is 13.3 Å². The van der Waals surface area contributed by atoms with Crippen LogP contribution in [0, 0.1) is 11.8 Å². The number of nitrogens with one attached hydrogen (secondary N) is 1. The number of piperidine rings is 1. The van der Waals surface area contributed by atoms with Crippen LogP contribution in [0.4, 0.5) is 0 Å². The molecule has 2 saturated heterocycles. The molecule has 0 saturated carbocycles. The van der Waals surface area contributed by atoms with Gasteiger partial charge >= 0.3 is 0 Å². The molecule has 0 aromatic carbocycles. The minimum atomic E-state index is 0.409. The summed E-state index contributed by atoms with van der Waals surface area (Å²) >= 11 is 0. The van der Waals surface area contributed by atoms with Crippen LogP contribution in [0.2, 0.25) is 0 Å². The molecule has 1 atom stereocenters. The van der Waals surface area contributed by atoms with Crippen molar-refractivity contribution < 1.29 is 4.79 Å². The van der Waals surface area contributed by atoms with E-state index in [1.807, 2.05) is 0 Å². The number of hydrogen-bond acceptors (Lipinski definition) is 2. The van der Waals surface area contributed by atoms with Crippen LogP contribution in [-0.4, -0.2) is 37.0 Å². The molecule has 3 nitrogen and oxygen atoms in total. The van der Waals surface area contributed by atoms with Gasteiger partial charge in [-0.15, -0.1) is 0 Å². The first kappa shape index (κ1) is 13.9. The third-order valence-electron chi connectivity index (χ3n) is 4.56. The molecule has 0 aliphatic carbocycles. The van der Waals surface area contributed by atoms with E-state index in [1.54, 1.807) is 0 Å². The number of carbonyl (C=O) groups is 1. The van der Waals surface area contributed by atoms with Gasteiger partial charge in [0, 0.05) is 19.5 Å². The quantitative estimate of drug-likeness (QED) is 0.815. The van der Waals surface area contributed by atoms with Gasteiger partial charge in [0.05, 0.1) is 0 Å². The van der Waals surface area contributed by atoms with E-state index >= 15 is 0 Å². The Morgan fingerprint density at radius 3 is 2.67 bits per heavy atom. The van der Waals surface area contributed by atoms with E-state index in [1.165, 1.54) is 32.1 Å². The van der Waals surface area contributed by atoms with E-state index in [9.17, 15) is 4.79 Å². The first-order valence-electron chi connectivity index (χ1n) is 7.78. The molecule has 0 radical (unpaired) electrons. The molecule has 3 heteroatoms. The molecule has 1 unspecified atom stereocenters. The van der Waals surface area contributed by atoms with E-state index in [0.29, 0.717) is 5.91 Å². The Hall–Kier alpha value is -0.570. The summed E-state index contributed by atoms with van der Waals surface area (Å²) in [5, 5.41) is 3.38. The SMILES string of the molecule is CCCC1CCN(C(=O)CCC2CCNCC2)C1. The Morgan fingerprint density at radius 1 is 1.17 bits per heavy atom. The van der Waals surface area contributed by atoms with Gasteiger partial charge < -0.3 is 10.2 Å². The van der Waals surface area contributed by atoms with Crippen LogP contribution in [-0.2, 0) is 4.79 Å². The monoisotopic (exact) mass is 252 g/mol. The maximum atomic E-state index is 12.1. The van der Waals surface area contributed by atoms with Gasteiger partial charge in [0.1, 0.15) is 0 Å². The highest BCUT2D eigenvalue weighted by Gasteiger charge is 2.25. The fourth-order valence-electron chi connectivity index (χ4n) is 3.36. The first-order valence-corrected chi connectivity index (χ1v) is 7.78. The van der Waals surface area contributed by atoms with Crippen LogP contribution in [0.3, 0.4) is 0 Å². The lowest BCUT2D eigenvalue weighted by Gasteiger charge is -2.23. The Bertz CT molecular complexity index is 261. The van der Waals surface area contributed by atoms with Crippen LogP contribution >= 0.6 is 0 Å². The first-order chi connectivity index (χ1) is 8.79. The minimum absolute atomic E-state index is 0.409. The number of rotatable bonds is 5. The van der Waals surface area contributed by atoms with E-state index in [2.05, 4.69) is 17.1 Å². The molecule has 1 N–H and O–H groups in total. The molecule has 1 amide bonds. The molecule has 0 aromatic rings. The van der Waals surface area contributed by atoms with E-state index in [-0.39, 0.29) is 0 Å². The van der Waals surface area contributed by atoms with Gasteiger partial charge in [0.15, 0.2) is 0 Å². The van der Waals surface area contributed by atoms with Crippen molar-refractivity contribution in [3.8, 4) is 0 Å². The topological polar surface area (TPSA) is 32.3 Å². The third kappa shape index (κ3) is 3.98. The predicted octanol–water partition coefficient (Wildman–Crippen LogP) is 2.41. The van der Waals surface area contributed by atoms with Crippen LogP contribution < -0.4 is 5.32 Å². The summed E-state index contributed by atoms with van der Waals surface area (Å²) in [6.45, 7) is 6.55. The maximum Gasteiger partial charge on any atom is 0.222 e. The smallest absolute Gasteiger partial charge is 0.222 e. The van der Waals surface area contributed by atoms with Crippen LogP contribution in [0.5, 0.6) is 0 Å². The largest absolute Gasteiger partial charge is 0.342 e. The van der Waals surface area contributed by atoms with Gasteiger partial charge in [-0.3, -0.25) is 4.79 Å². The van der Waals surface area contributed by atoms with Gasteiger partial charge in [0.25, 0.3) is 0 Å². The number of amides is 1. The van der Waals surface area contributed by atoms with Crippen molar-refractivity contribution in [3.05, 3.63) is 0 Å². The molecule has 2 aliphatic heterocycles. The average Bonchev–Trinajstić information content (AvgIpc) is 2.86. The molecule has 0 aromatic heterocycles. The summed E-state index contributed by atoms with van der Waals surface area (Å²) < 4.78 is 0. The normalized spacial score (nSPS) is 25.6. The van der Waals surface area contributed by atoms with Crippen molar-refractivity contribution in [2.45, 2.75) is 51.9 Å². The van der Waals surface area contributed by atoms with Crippen molar-refractivity contribution >= 4 is 5.91 Å². The second-order valence-corrected chi connectivity index (χ2v) is 6.02. The van der Waals surface area contributed by atoms with E-state index in [4.69, 9.17) is 0 Å². The van der Waals surface area contributed by atoms with E-state index in [0.717, 1.165) is 50.9 Å². The zero-order chi connectivity index (χ0) is 12.8. The molecule has 2 fully saturated rings. The third-order valence-corrected chi connectivity index (χ3v) is 4.56. The minimum Gasteiger partial charge on any atom is -0.342 e. The van der Waals surface area contributed by atoms with Crippen molar-refractivity contribution in [3.63, 3.8) is 0 Å². The lowest BCUT2D eigenvalue weighted by Crippen LogP contribution is -2.31. The van der Waals surface area contributed by atoms with Crippen molar-refractivity contribution in [2.24, 2.45) is 11.8 Å².